The SMILES string of the molecule is N#Cc1ccc(CN(Cc2ccccn2)S(=O)(=O)c2ccc(Cl)cc2)cc1. The maximum absolute atomic E-state index is 13.2. The molecule has 0 aliphatic carbocycles. The van der Waals surface area contributed by atoms with Gasteiger partial charge >= 0.3 is 0 Å². The maximum atomic E-state index is 13.2. The van der Waals surface area contributed by atoms with Gasteiger partial charge in [-0.3, -0.25) is 4.98 Å². The summed E-state index contributed by atoms with van der Waals surface area (Å²) in [5, 5.41) is 9.40. The molecule has 0 amide bonds. The number of hydrogen-bond acceptors (Lipinski definition) is 4. The van der Waals surface area contributed by atoms with E-state index >= 15 is 0 Å². The summed E-state index contributed by atoms with van der Waals surface area (Å²) < 4.78 is 27.7. The van der Waals surface area contributed by atoms with Crippen molar-refractivity contribution in [3.8, 4) is 6.07 Å². The van der Waals surface area contributed by atoms with Crippen LogP contribution in [0.15, 0.2) is 77.8 Å². The van der Waals surface area contributed by atoms with Crippen LogP contribution in [0.4, 0.5) is 0 Å². The zero-order valence-electron chi connectivity index (χ0n) is 14.3. The molecule has 3 aromatic rings. The second kappa shape index (κ2) is 8.31. The highest BCUT2D eigenvalue weighted by Gasteiger charge is 2.25. The van der Waals surface area contributed by atoms with Gasteiger partial charge in [0, 0.05) is 17.8 Å². The molecule has 0 fully saturated rings. The molecule has 0 radical (unpaired) electrons. The van der Waals surface area contributed by atoms with Crippen molar-refractivity contribution < 1.29 is 8.42 Å². The van der Waals surface area contributed by atoms with Crippen LogP contribution < -0.4 is 0 Å². The Morgan fingerprint density at radius 1 is 0.963 bits per heavy atom. The highest BCUT2D eigenvalue weighted by atomic mass is 35.5. The zero-order valence-corrected chi connectivity index (χ0v) is 15.9. The number of halogens is 1. The first-order valence-electron chi connectivity index (χ1n) is 8.14. The average Bonchev–Trinajstić information content (AvgIpc) is 2.69. The van der Waals surface area contributed by atoms with Crippen LogP contribution in [0.5, 0.6) is 0 Å². The molecular formula is C20H16ClN3O2S. The molecule has 0 unspecified atom stereocenters. The molecule has 0 aliphatic heterocycles. The Labute approximate surface area is 163 Å². The molecule has 0 N–H and O–H groups in total. The Kier molecular flexibility index (Phi) is 5.87. The Bertz CT molecular complexity index is 1050. The van der Waals surface area contributed by atoms with Gasteiger partial charge in [-0.2, -0.15) is 9.57 Å². The van der Waals surface area contributed by atoms with Gasteiger partial charge in [-0.15, -0.1) is 0 Å². The van der Waals surface area contributed by atoms with Crippen molar-refractivity contribution >= 4 is 21.6 Å². The van der Waals surface area contributed by atoms with Crippen LogP contribution in [-0.4, -0.2) is 17.7 Å². The van der Waals surface area contributed by atoms with Gasteiger partial charge < -0.3 is 0 Å². The first-order chi connectivity index (χ1) is 13.0. The van der Waals surface area contributed by atoms with Crippen molar-refractivity contribution in [2.45, 2.75) is 18.0 Å². The lowest BCUT2D eigenvalue weighted by Crippen LogP contribution is -2.30. The number of nitriles is 1. The monoisotopic (exact) mass is 397 g/mol. The van der Waals surface area contributed by atoms with Crippen LogP contribution in [0.3, 0.4) is 0 Å². The van der Waals surface area contributed by atoms with Crippen LogP contribution in [0, 0.1) is 11.3 Å². The van der Waals surface area contributed by atoms with Crippen molar-refractivity contribution in [2.24, 2.45) is 0 Å². The number of aromatic nitrogens is 1. The lowest BCUT2D eigenvalue weighted by Gasteiger charge is -2.22. The van der Waals surface area contributed by atoms with Crippen molar-refractivity contribution in [3.05, 3.63) is 94.8 Å². The van der Waals surface area contributed by atoms with Crippen molar-refractivity contribution in [1.82, 2.24) is 9.29 Å². The summed E-state index contributed by atoms with van der Waals surface area (Å²) in [6.07, 6.45) is 1.63. The van der Waals surface area contributed by atoms with Gasteiger partial charge in [0.25, 0.3) is 0 Å². The van der Waals surface area contributed by atoms with Crippen LogP contribution in [0.2, 0.25) is 5.02 Å². The van der Waals surface area contributed by atoms with E-state index in [9.17, 15) is 8.42 Å². The van der Waals surface area contributed by atoms with E-state index in [0.29, 0.717) is 16.3 Å². The molecule has 1 aromatic heterocycles. The Morgan fingerprint density at radius 2 is 1.67 bits per heavy atom. The van der Waals surface area contributed by atoms with Crippen molar-refractivity contribution in [1.29, 1.82) is 5.26 Å². The lowest BCUT2D eigenvalue weighted by atomic mass is 10.1. The third-order valence-electron chi connectivity index (χ3n) is 3.96. The fourth-order valence-corrected chi connectivity index (χ4v) is 4.07. The quantitative estimate of drug-likeness (QED) is 0.630. The third-order valence-corrected chi connectivity index (χ3v) is 6.02. The van der Waals surface area contributed by atoms with Gasteiger partial charge in [0.2, 0.25) is 10.0 Å². The minimum Gasteiger partial charge on any atom is -0.260 e. The van der Waals surface area contributed by atoms with Crippen LogP contribution in [0.1, 0.15) is 16.8 Å². The molecule has 0 saturated carbocycles. The smallest absolute Gasteiger partial charge is 0.243 e. The molecule has 136 valence electrons. The Hall–Kier alpha value is -2.72. The predicted molar refractivity (Wildman–Crippen MR) is 103 cm³/mol. The molecule has 0 saturated heterocycles. The van der Waals surface area contributed by atoms with Crippen molar-refractivity contribution in [2.75, 3.05) is 0 Å². The number of pyridine rings is 1. The molecule has 5 nitrogen and oxygen atoms in total. The normalized spacial score (nSPS) is 11.3. The zero-order chi connectivity index (χ0) is 19.3. The molecule has 27 heavy (non-hydrogen) atoms. The molecular weight excluding hydrogens is 382 g/mol. The van der Waals surface area contributed by atoms with Crippen LogP contribution >= 0.6 is 11.6 Å². The molecule has 0 bridgehead atoms. The van der Waals surface area contributed by atoms with Crippen LogP contribution in [-0.2, 0) is 23.1 Å². The highest BCUT2D eigenvalue weighted by molar-refractivity contribution is 7.89. The first kappa shape index (κ1) is 19.1. The van der Waals surface area contributed by atoms with Gasteiger partial charge in [0.1, 0.15) is 0 Å². The van der Waals surface area contributed by atoms with Gasteiger partial charge in [-0.25, -0.2) is 8.42 Å². The maximum Gasteiger partial charge on any atom is 0.243 e. The fraction of sp³-hybridized carbons (Fsp3) is 0.100. The third kappa shape index (κ3) is 4.72. The van der Waals surface area contributed by atoms with Gasteiger partial charge in [0.15, 0.2) is 0 Å². The van der Waals surface area contributed by atoms with Gasteiger partial charge in [-0.1, -0.05) is 29.8 Å². The second-order valence-electron chi connectivity index (χ2n) is 5.86. The number of rotatable bonds is 6. The molecule has 3 rings (SSSR count). The molecule has 2 aromatic carbocycles. The van der Waals surface area contributed by atoms with E-state index < -0.39 is 10.0 Å². The first-order valence-corrected chi connectivity index (χ1v) is 9.95. The minimum atomic E-state index is -3.76. The van der Waals surface area contributed by atoms with E-state index in [0.717, 1.165) is 5.56 Å². The van der Waals surface area contributed by atoms with E-state index in [1.54, 1.807) is 54.7 Å². The summed E-state index contributed by atoms with van der Waals surface area (Å²) in [4.78, 5) is 4.40. The standard InChI is InChI=1S/C20H16ClN3O2S/c21-18-8-10-20(11-9-18)27(25,26)24(15-19-3-1-2-12-23-19)14-17-6-4-16(13-22)5-7-17/h1-12H,14-15H2. The minimum absolute atomic E-state index is 0.131. The number of hydrogen-bond donors (Lipinski definition) is 0. The second-order valence-corrected chi connectivity index (χ2v) is 8.23. The van der Waals surface area contributed by atoms with Crippen LogP contribution in [0.25, 0.3) is 0 Å². The highest BCUT2D eigenvalue weighted by Crippen LogP contribution is 2.22. The van der Waals surface area contributed by atoms with Gasteiger partial charge in [0.05, 0.1) is 28.8 Å². The lowest BCUT2D eigenvalue weighted by molar-refractivity contribution is 0.397. The predicted octanol–water partition coefficient (Wildman–Crippen LogP) is 4.00. The van der Waals surface area contributed by atoms with Crippen molar-refractivity contribution in [3.63, 3.8) is 0 Å². The summed E-state index contributed by atoms with van der Waals surface area (Å²) in [6, 6.07) is 20.4. The summed E-state index contributed by atoms with van der Waals surface area (Å²) >= 11 is 5.88. The summed E-state index contributed by atoms with van der Waals surface area (Å²) in [5.74, 6) is 0. The van der Waals surface area contributed by atoms with Gasteiger partial charge in [-0.05, 0) is 54.1 Å². The van der Waals surface area contributed by atoms with E-state index in [1.165, 1.54) is 16.4 Å². The molecule has 1 heterocycles. The number of nitrogens with zero attached hydrogens (tertiary/aromatic N) is 3. The molecule has 7 heteroatoms. The number of sulfonamides is 1. The molecule has 0 aliphatic rings. The summed E-state index contributed by atoms with van der Waals surface area (Å²) in [5.41, 5.74) is 1.95. The summed E-state index contributed by atoms with van der Waals surface area (Å²) in [7, 11) is -3.76. The fourth-order valence-electron chi connectivity index (χ4n) is 2.54. The van der Waals surface area contributed by atoms with E-state index in [-0.39, 0.29) is 18.0 Å². The van der Waals surface area contributed by atoms with E-state index in [1.807, 2.05) is 6.07 Å². The topological polar surface area (TPSA) is 74.1 Å². The summed E-state index contributed by atoms with van der Waals surface area (Å²) in [6.45, 7) is 0.291. The largest absolute Gasteiger partial charge is 0.260 e. The van der Waals surface area contributed by atoms with E-state index in [2.05, 4.69) is 11.1 Å². The molecule has 0 atom stereocenters. The number of benzene rings is 2. The Morgan fingerprint density at radius 3 is 2.26 bits per heavy atom. The average molecular weight is 398 g/mol. The Balaban J connectivity index is 1.95. The molecule has 0 spiro atoms. The van der Waals surface area contributed by atoms with E-state index in [4.69, 9.17) is 16.9 Å².